The Bertz CT molecular complexity index is 1080. The molecule has 0 spiro atoms. The lowest BCUT2D eigenvalue weighted by molar-refractivity contribution is 0.482. The maximum Gasteiger partial charge on any atom is 0.222 e. The zero-order valence-electron chi connectivity index (χ0n) is 15.5. The molecule has 3 aromatic carbocycles. The highest BCUT2D eigenvalue weighted by atomic mass is 127. The van der Waals surface area contributed by atoms with Gasteiger partial charge in [-0.3, -0.25) is 0 Å². The lowest BCUT2D eigenvalue weighted by Gasteiger charge is -2.10. The number of nitrogens with two attached hydrogens (primary N) is 1. The van der Waals surface area contributed by atoms with E-state index in [1.807, 2.05) is 72.8 Å². The van der Waals surface area contributed by atoms with Crippen molar-refractivity contribution in [3.8, 4) is 22.8 Å². The van der Waals surface area contributed by atoms with Gasteiger partial charge in [-0.15, -0.1) is 0 Å². The molecular weight excluding hydrogens is 475 g/mol. The first-order chi connectivity index (χ1) is 14.2. The molecule has 6 heteroatoms. The summed E-state index contributed by atoms with van der Waals surface area (Å²) >= 11 is 2.34. The van der Waals surface area contributed by atoms with Crippen molar-refractivity contribution < 1.29 is 4.74 Å². The molecule has 0 aliphatic rings. The zero-order chi connectivity index (χ0) is 20.1. The van der Waals surface area contributed by atoms with Crippen LogP contribution < -0.4 is 15.8 Å². The van der Waals surface area contributed by atoms with Gasteiger partial charge in [0.25, 0.3) is 0 Å². The Labute approximate surface area is 183 Å². The first-order valence-corrected chi connectivity index (χ1v) is 10.6. The van der Waals surface area contributed by atoms with Gasteiger partial charge in [0.05, 0.1) is 5.69 Å². The monoisotopic (exact) mass is 494 g/mol. The second kappa shape index (κ2) is 8.91. The number of ether oxygens (including phenoxy) is 1. The normalized spacial score (nSPS) is 10.5. The van der Waals surface area contributed by atoms with E-state index in [0.717, 1.165) is 32.9 Å². The minimum absolute atomic E-state index is 0.226. The van der Waals surface area contributed by atoms with Gasteiger partial charge in [-0.2, -0.15) is 4.98 Å². The van der Waals surface area contributed by atoms with Crippen LogP contribution in [0.5, 0.6) is 11.5 Å². The quantitative estimate of drug-likeness (QED) is 0.247. The average Bonchev–Trinajstić information content (AvgIpc) is 2.76. The summed E-state index contributed by atoms with van der Waals surface area (Å²) in [6.45, 7) is 0. The standard InChI is InChI=1S/C23H19IN4O/c24-15-16-6-10-19(11-7-16)29-20-12-8-18(9-13-20)26-22-14-21(27-23(25)28-22)17-4-2-1-3-5-17/h1-14H,15H2,(H3,25,26,27,28). The molecule has 0 saturated carbocycles. The Morgan fingerprint density at radius 2 is 1.48 bits per heavy atom. The molecule has 4 aromatic rings. The van der Waals surface area contributed by atoms with Crippen LogP contribution in [0, 0.1) is 0 Å². The molecule has 0 bridgehead atoms. The van der Waals surface area contributed by atoms with Crippen molar-refractivity contribution in [2.45, 2.75) is 4.43 Å². The first kappa shape index (κ1) is 19.2. The highest BCUT2D eigenvalue weighted by molar-refractivity contribution is 14.1. The zero-order valence-corrected chi connectivity index (χ0v) is 17.7. The van der Waals surface area contributed by atoms with E-state index in [1.165, 1.54) is 5.56 Å². The molecule has 5 nitrogen and oxygen atoms in total. The number of hydrogen-bond acceptors (Lipinski definition) is 5. The number of nitrogens with zero attached hydrogens (tertiary/aromatic N) is 2. The Morgan fingerprint density at radius 1 is 0.828 bits per heavy atom. The Kier molecular flexibility index (Phi) is 5.90. The number of benzene rings is 3. The van der Waals surface area contributed by atoms with E-state index in [1.54, 1.807) is 0 Å². The lowest BCUT2D eigenvalue weighted by Crippen LogP contribution is -2.01. The summed E-state index contributed by atoms with van der Waals surface area (Å²) in [6.07, 6.45) is 0. The molecule has 0 amide bonds. The number of nitrogen functional groups attached to an aromatic ring is 1. The molecule has 0 radical (unpaired) electrons. The highest BCUT2D eigenvalue weighted by Crippen LogP contribution is 2.26. The summed E-state index contributed by atoms with van der Waals surface area (Å²) in [5.74, 6) is 2.45. The summed E-state index contributed by atoms with van der Waals surface area (Å²) in [4.78, 5) is 8.61. The van der Waals surface area contributed by atoms with Crippen LogP contribution in [0.4, 0.5) is 17.5 Å². The summed E-state index contributed by atoms with van der Waals surface area (Å²) < 4.78 is 6.89. The van der Waals surface area contributed by atoms with Crippen molar-refractivity contribution in [3.63, 3.8) is 0 Å². The minimum atomic E-state index is 0.226. The number of rotatable bonds is 6. The molecule has 0 saturated heterocycles. The van der Waals surface area contributed by atoms with Crippen LogP contribution in [0.2, 0.25) is 0 Å². The van der Waals surface area contributed by atoms with Gasteiger partial charge in [-0.1, -0.05) is 65.1 Å². The molecule has 0 aliphatic heterocycles. The van der Waals surface area contributed by atoms with Crippen LogP contribution in [-0.2, 0) is 4.43 Å². The molecular formula is C23H19IN4O. The highest BCUT2D eigenvalue weighted by Gasteiger charge is 2.06. The molecule has 144 valence electrons. The van der Waals surface area contributed by atoms with Crippen molar-refractivity contribution in [1.29, 1.82) is 0 Å². The number of hydrogen-bond donors (Lipinski definition) is 2. The minimum Gasteiger partial charge on any atom is -0.457 e. The van der Waals surface area contributed by atoms with Crippen molar-refractivity contribution in [2.24, 2.45) is 0 Å². The largest absolute Gasteiger partial charge is 0.457 e. The molecule has 0 fully saturated rings. The number of alkyl halides is 1. The van der Waals surface area contributed by atoms with Gasteiger partial charge in [0.15, 0.2) is 0 Å². The molecule has 4 rings (SSSR count). The van der Waals surface area contributed by atoms with E-state index >= 15 is 0 Å². The van der Waals surface area contributed by atoms with Gasteiger partial charge in [0, 0.05) is 21.7 Å². The van der Waals surface area contributed by atoms with Crippen LogP contribution in [0.25, 0.3) is 11.3 Å². The lowest BCUT2D eigenvalue weighted by atomic mass is 10.1. The SMILES string of the molecule is Nc1nc(Nc2ccc(Oc3ccc(CI)cc3)cc2)cc(-c2ccccc2)n1. The summed E-state index contributed by atoms with van der Waals surface area (Å²) in [7, 11) is 0. The van der Waals surface area contributed by atoms with Gasteiger partial charge in [0.2, 0.25) is 5.95 Å². The van der Waals surface area contributed by atoms with Crippen LogP contribution in [0.15, 0.2) is 84.9 Å². The van der Waals surface area contributed by atoms with E-state index in [9.17, 15) is 0 Å². The average molecular weight is 494 g/mol. The van der Waals surface area contributed by atoms with Crippen LogP contribution in [-0.4, -0.2) is 9.97 Å². The van der Waals surface area contributed by atoms with Crippen molar-refractivity contribution in [3.05, 3.63) is 90.5 Å². The molecule has 0 aliphatic carbocycles. The fraction of sp³-hybridized carbons (Fsp3) is 0.0435. The van der Waals surface area contributed by atoms with E-state index in [2.05, 4.69) is 50.0 Å². The number of aromatic nitrogens is 2. The van der Waals surface area contributed by atoms with Crippen molar-refractivity contribution >= 4 is 40.0 Å². The number of halogens is 1. The smallest absolute Gasteiger partial charge is 0.222 e. The third-order valence-electron chi connectivity index (χ3n) is 4.25. The van der Waals surface area contributed by atoms with E-state index < -0.39 is 0 Å². The fourth-order valence-electron chi connectivity index (χ4n) is 2.82. The van der Waals surface area contributed by atoms with E-state index in [4.69, 9.17) is 10.5 Å². The Morgan fingerprint density at radius 3 is 2.14 bits per heavy atom. The van der Waals surface area contributed by atoms with Crippen LogP contribution in [0.3, 0.4) is 0 Å². The number of anilines is 3. The van der Waals surface area contributed by atoms with Crippen LogP contribution >= 0.6 is 22.6 Å². The molecule has 0 unspecified atom stereocenters. The van der Waals surface area contributed by atoms with E-state index in [-0.39, 0.29) is 5.95 Å². The Balaban J connectivity index is 1.48. The maximum absolute atomic E-state index is 5.90. The molecule has 3 N–H and O–H groups in total. The summed E-state index contributed by atoms with van der Waals surface area (Å²) in [5.41, 5.74) is 9.82. The summed E-state index contributed by atoms with van der Waals surface area (Å²) in [6, 6.07) is 27.6. The van der Waals surface area contributed by atoms with Gasteiger partial charge in [-0.25, -0.2) is 4.98 Å². The van der Waals surface area contributed by atoms with E-state index in [0.29, 0.717) is 5.82 Å². The Hall–Kier alpha value is -3.13. The predicted molar refractivity (Wildman–Crippen MR) is 126 cm³/mol. The molecule has 0 atom stereocenters. The third-order valence-corrected chi connectivity index (χ3v) is 5.13. The second-order valence-corrected chi connectivity index (χ2v) is 7.15. The summed E-state index contributed by atoms with van der Waals surface area (Å²) in [5, 5.41) is 3.27. The first-order valence-electron chi connectivity index (χ1n) is 9.09. The number of nitrogens with one attached hydrogen (secondary N) is 1. The topological polar surface area (TPSA) is 73.1 Å². The van der Waals surface area contributed by atoms with Gasteiger partial charge in [0.1, 0.15) is 17.3 Å². The predicted octanol–water partition coefficient (Wildman–Crippen LogP) is 6.20. The maximum atomic E-state index is 5.90. The second-order valence-electron chi connectivity index (χ2n) is 6.39. The van der Waals surface area contributed by atoms with Gasteiger partial charge >= 0.3 is 0 Å². The van der Waals surface area contributed by atoms with Crippen LogP contribution in [0.1, 0.15) is 5.56 Å². The molecule has 1 heterocycles. The fourth-order valence-corrected chi connectivity index (χ4v) is 3.33. The molecule has 1 aromatic heterocycles. The van der Waals surface area contributed by atoms with Crippen molar-refractivity contribution in [1.82, 2.24) is 9.97 Å². The van der Waals surface area contributed by atoms with Crippen molar-refractivity contribution in [2.75, 3.05) is 11.1 Å². The third kappa shape index (κ3) is 5.03. The molecule has 29 heavy (non-hydrogen) atoms. The van der Waals surface area contributed by atoms with Gasteiger partial charge < -0.3 is 15.8 Å². The van der Waals surface area contributed by atoms with Gasteiger partial charge in [-0.05, 0) is 42.0 Å².